The third kappa shape index (κ3) is 4.09. The number of alkyl halides is 1. The summed E-state index contributed by atoms with van der Waals surface area (Å²) in [7, 11) is 0. The van der Waals surface area contributed by atoms with Crippen molar-refractivity contribution in [2.75, 3.05) is 28.6 Å². The van der Waals surface area contributed by atoms with E-state index in [-0.39, 0.29) is 18.3 Å². The molecule has 1 aliphatic heterocycles. The van der Waals surface area contributed by atoms with Crippen molar-refractivity contribution < 1.29 is 4.39 Å². The molecule has 33 heavy (non-hydrogen) atoms. The Morgan fingerprint density at radius 3 is 2.85 bits per heavy atom. The first-order valence-electron chi connectivity index (χ1n) is 10.5. The topological polar surface area (TPSA) is 125 Å². The number of halogens is 2. The van der Waals surface area contributed by atoms with Crippen LogP contribution in [0.3, 0.4) is 0 Å². The number of rotatable bonds is 5. The Bertz CT molecular complexity index is 1310. The summed E-state index contributed by atoms with van der Waals surface area (Å²) in [4.78, 5) is 14.0. The molecule has 3 heterocycles. The number of nitrogens with two attached hydrogens (primary N) is 1. The molecule has 5 rings (SSSR count). The fourth-order valence-electron chi connectivity index (χ4n) is 3.77. The molecule has 2 aromatic heterocycles. The highest BCUT2D eigenvalue weighted by Crippen LogP contribution is 2.37. The van der Waals surface area contributed by atoms with E-state index >= 15 is 0 Å². The summed E-state index contributed by atoms with van der Waals surface area (Å²) in [6, 6.07) is 5.13. The number of fused-ring (bicyclic) bond motifs is 1. The Morgan fingerprint density at radius 2 is 2.15 bits per heavy atom. The number of anilines is 4. The number of imidazole rings is 1. The van der Waals surface area contributed by atoms with Crippen molar-refractivity contribution in [3.05, 3.63) is 40.3 Å². The van der Waals surface area contributed by atoms with Crippen LogP contribution in [0.25, 0.3) is 10.5 Å². The Morgan fingerprint density at radius 1 is 1.33 bits per heavy atom. The molecule has 3 aromatic rings. The van der Waals surface area contributed by atoms with Gasteiger partial charge in [-0.05, 0) is 31.4 Å². The Balaban J connectivity index is 1.54. The van der Waals surface area contributed by atoms with E-state index in [1.807, 2.05) is 0 Å². The van der Waals surface area contributed by atoms with Gasteiger partial charge in [-0.3, -0.25) is 0 Å². The zero-order valence-corrected chi connectivity index (χ0v) is 18.2. The van der Waals surface area contributed by atoms with Crippen LogP contribution in [-0.2, 0) is 0 Å². The summed E-state index contributed by atoms with van der Waals surface area (Å²) >= 11 is 6.69. The maximum atomic E-state index is 14.3. The van der Waals surface area contributed by atoms with Crippen LogP contribution in [0.1, 0.15) is 24.8 Å². The zero-order chi connectivity index (χ0) is 23.1. The third-order valence-electron chi connectivity index (χ3n) is 5.74. The van der Waals surface area contributed by atoms with Crippen molar-refractivity contribution in [1.82, 2.24) is 19.6 Å². The lowest BCUT2D eigenvalue weighted by molar-refractivity contribution is 0.251. The standard InChI is InChI=1S/C21H20ClFN10/c1-26-17-9-27-20-19(28-12-2-3-12)30-21(31-33(17)20)29-15-6-11(8-24)7-16(18(15)22)32-5-4-14(25)13(23)10-32/h6-7,9,12-14H,2-5,10,25H2,(H2,28,29,30,31)/t13-,14+/m1/s1. The Hall–Kier alpha value is -3.67. The van der Waals surface area contributed by atoms with Crippen molar-refractivity contribution in [1.29, 1.82) is 5.26 Å². The van der Waals surface area contributed by atoms with Crippen LogP contribution in [-0.4, -0.2) is 50.9 Å². The second-order valence-electron chi connectivity index (χ2n) is 8.17. The van der Waals surface area contributed by atoms with E-state index in [2.05, 4.69) is 36.6 Å². The van der Waals surface area contributed by atoms with Gasteiger partial charge in [-0.2, -0.15) is 10.2 Å². The van der Waals surface area contributed by atoms with Crippen LogP contribution in [0.15, 0.2) is 18.3 Å². The minimum atomic E-state index is -1.19. The average Bonchev–Trinajstić information content (AvgIpc) is 3.53. The molecule has 1 aliphatic carbocycles. The molecule has 0 bridgehead atoms. The maximum absolute atomic E-state index is 14.3. The first kappa shape index (κ1) is 21.2. The van der Waals surface area contributed by atoms with Gasteiger partial charge in [0, 0.05) is 18.6 Å². The highest BCUT2D eigenvalue weighted by atomic mass is 35.5. The quantitative estimate of drug-likeness (QED) is 0.489. The summed E-state index contributed by atoms with van der Waals surface area (Å²) in [5.74, 6) is 0.925. The summed E-state index contributed by atoms with van der Waals surface area (Å²) in [5, 5.41) is 20.6. The molecule has 1 aromatic carbocycles. The van der Waals surface area contributed by atoms with E-state index in [0.29, 0.717) is 52.4 Å². The minimum Gasteiger partial charge on any atom is -0.367 e. The molecule has 2 fully saturated rings. The van der Waals surface area contributed by atoms with Crippen LogP contribution in [0, 0.1) is 17.9 Å². The zero-order valence-electron chi connectivity index (χ0n) is 17.5. The van der Waals surface area contributed by atoms with E-state index in [1.165, 1.54) is 10.7 Å². The Labute approximate surface area is 194 Å². The van der Waals surface area contributed by atoms with Gasteiger partial charge in [0.1, 0.15) is 6.17 Å². The first-order chi connectivity index (χ1) is 16.0. The number of aromatic nitrogens is 4. The van der Waals surface area contributed by atoms with Gasteiger partial charge in [0.15, 0.2) is 5.82 Å². The van der Waals surface area contributed by atoms with Gasteiger partial charge in [0.05, 0.1) is 40.8 Å². The fourth-order valence-corrected chi connectivity index (χ4v) is 4.05. The van der Waals surface area contributed by atoms with E-state index in [4.69, 9.17) is 23.9 Å². The molecule has 0 radical (unpaired) electrons. The predicted molar refractivity (Wildman–Crippen MR) is 123 cm³/mol. The molecule has 168 valence electrons. The van der Waals surface area contributed by atoms with Gasteiger partial charge in [-0.1, -0.05) is 23.3 Å². The van der Waals surface area contributed by atoms with E-state index < -0.39 is 12.2 Å². The number of nitriles is 1. The molecule has 1 saturated carbocycles. The summed E-state index contributed by atoms with van der Waals surface area (Å²) in [5.41, 5.74) is 7.55. The lowest BCUT2D eigenvalue weighted by Crippen LogP contribution is -2.48. The van der Waals surface area contributed by atoms with Gasteiger partial charge < -0.3 is 26.1 Å². The van der Waals surface area contributed by atoms with Crippen LogP contribution >= 0.6 is 11.6 Å². The highest BCUT2D eigenvalue weighted by molar-refractivity contribution is 6.36. The second kappa shape index (κ2) is 8.35. The molecule has 0 unspecified atom stereocenters. The highest BCUT2D eigenvalue weighted by Gasteiger charge is 2.29. The van der Waals surface area contributed by atoms with Gasteiger partial charge in [-0.15, -0.1) is 4.52 Å². The maximum Gasteiger partial charge on any atom is 0.275 e. The number of hydrogen-bond donors (Lipinski definition) is 3. The van der Waals surface area contributed by atoms with Crippen molar-refractivity contribution in [3.63, 3.8) is 0 Å². The van der Waals surface area contributed by atoms with Crippen LogP contribution in [0.4, 0.5) is 33.3 Å². The monoisotopic (exact) mass is 466 g/mol. The molecule has 2 atom stereocenters. The van der Waals surface area contributed by atoms with Gasteiger partial charge in [0.2, 0.25) is 0 Å². The average molecular weight is 467 g/mol. The second-order valence-corrected chi connectivity index (χ2v) is 8.55. The van der Waals surface area contributed by atoms with E-state index in [0.717, 1.165) is 12.8 Å². The first-order valence-corrected chi connectivity index (χ1v) is 10.9. The van der Waals surface area contributed by atoms with Crippen molar-refractivity contribution >= 4 is 46.2 Å². The van der Waals surface area contributed by atoms with Crippen molar-refractivity contribution in [3.8, 4) is 6.07 Å². The summed E-state index contributed by atoms with van der Waals surface area (Å²) < 4.78 is 15.7. The molecule has 0 amide bonds. The largest absolute Gasteiger partial charge is 0.367 e. The lowest BCUT2D eigenvalue weighted by atomic mass is 10.0. The van der Waals surface area contributed by atoms with Crippen molar-refractivity contribution in [2.45, 2.75) is 37.5 Å². The van der Waals surface area contributed by atoms with E-state index in [9.17, 15) is 9.65 Å². The number of benzene rings is 1. The molecule has 0 spiro atoms. The van der Waals surface area contributed by atoms with Crippen LogP contribution in [0.2, 0.25) is 5.02 Å². The lowest BCUT2D eigenvalue weighted by Gasteiger charge is -2.35. The smallest absolute Gasteiger partial charge is 0.275 e. The molecule has 10 nitrogen and oxygen atoms in total. The van der Waals surface area contributed by atoms with Crippen molar-refractivity contribution in [2.24, 2.45) is 5.73 Å². The third-order valence-corrected chi connectivity index (χ3v) is 6.14. The number of nitrogens with one attached hydrogen (secondary N) is 2. The summed E-state index contributed by atoms with van der Waals surface area (Å²) in [6.45, 7) is 8.00. The minimum absolute atomic E-state index is 0.0938. The van der Waals surface area contributed by atoms with Gasteiger partial charge in [0.25, 0.3) is 17.4 Å². The predicted octanol–water partition coefficient (Wildman–Crippen LogP) is 3.39. The molecule has 4 N–H and O–H groups in total. The normalized spacial score (nSPS) is 20.3. The van der Waals surface area contributed by atoms with Gasteiger partial charge >= 0.3 is 0 Å². The van der Waals surface area contributed by atoms with Crippen LogP contribution in [0.5, 0.6) is 0 Å². The summed E-state index contributed by atoms with van der Waals surface area (Å²) in [6.07, 6.45) is 2.79. The molecular formula is C21H20ClFN10. The Kier molecular flexibility index (Phi) is 5.36. The number of nitrogens with zero attached hydrogens (tertiary/aromatic N) is 7. The number of piperidine rings is 1. The number of hydrogen-bond acceptors (Lipinski definition) is 8. The molecule has 12 heteroatoms. The van der Waals surface area contributed by atoms with E-state index in [1.54, 1.807) is 17.0 Å². The van der Waals surface area contributed by atoms with Gasteiger partial charge in [-0.25, -0.2) is 9.37 Å². The molecule has 2 aliphatic rings. The fraction of sp³-hybridized carbons (Fsp3) is 0.381. The van der Waals surface area contributed by atoms with Crippen LogP contribution < -0.4 is 21.3 Å². The molecular weight excluding hydrogens is 447 g/mol. The molecule has 1 saturated heterocycles. The SMILES string of the molecule is [C-]#[N+]c1cnc2c(NC3CC3)nc(Nc3cc(C#N)cc(N4CC[C@H](N)[C@H](F)C4)c3Cl)nn12.